The summed E-state index contributed by atoms with van der Waals surface area (Å²) in [6.07, 6.45) is 0.698. The van der Waals surface area contributed by atoms with Gasteiger partial charge in [0.25, 0.3) is 0 Å². The molecule has 0 unspecified atom stereocenters. The molecule has 2 N–H and O–H groups in total. The third kappa shape index (κ3) is 4.89. The third-order valence-electron chi connectivity index (χ3n) is 3.38. The minimum atomic E-state index is -3.83. The van der Waals surface area contributed by atoms with Crippen molar-refractivity contribution in [2.45, 2.75) is 11.3 Å². The fourth-order valence-corrected chi connectivity index (χ4v) is 3.52. The molecule has 1 aliphatic heterocycles. The normalized spacial score (nSPS) is 17.0. The largest absolute Gasteiger partial charge is 0.370 e. The van der Waals surface area contributed by atoms with Gasteiger partial charge in [-0.25, -0.2) is 17.5 Å². The molecule has 0 radical (unpaired) electrons. The van der Waals surface area contributed by atoms with Crippen LogP contribution in [0.15, 0.2) is 23.1 Å². The molecule has 0 saturated carbocycles. The van der Waals surface area contributed by atoms with Gasteiger partial charge in [0.15, 0.2) is 0 Å². The highest BCUT2D eigenvalue weighted by molar-refractivity contribution is 7.89. The van der Waals surface area contributed by atoms with E-state index in [2.05, 4.69) is 4.72 Å². The van der Waals surface area contributed by atoms with Crippen LogP contribution in [0.2, 0.25) is 5.02 Å². The van der Waals surface area contributed by atoms with Crippen molar-refractivity contribution in [3.05, 3.63) is 29.0 Å². The summed E-state index contributed by atoms with van der Waals surface area (Å²) in [5, 5.41) is 0.169. The van der Waals surface area contributed by atoms with Crippen LogP contribution in [0.25, 0.3) is 0 Å². The van der Waals surface area contributed by atoms with Crippen molar-refractivity contribution in [1.82, 2.24) is 4.72 Å². The third-order valence-corrected chi connectivity index (χ3v) is 5.11. The molecule has 0 bridgehead atoms. The van der Waals surface area contributed by atoms with E-state index in [0.29, 0.717) is 6.42 Å². The molecule has 0 spiro atoms. The minimum absolute atomic E-state index is 0.169. The van der Waals surface area contributed by atoms with Crippen LogP contribution in [-0.4, -0.2) is 47.8 Å². The van der Waals surface area contributed by atoms with Crippen molar-refractivity contribution >= 4 is 21.6 Å². The Morgan fingerprint density at radius 1 is 1.33 bits per heavy atom. The van der Waals surface area contributed by atoms with Gasteiger partial charge in [0.1, 0.15) is 23.8 Å². The fraction of sp³-hybridized carbons (Fsp3) is 0.538. The van der Waals surface area contributed by atoms with E-state index in [-0.39, 0.29) is 16.5 Å². The SMILES string of the molecule is O=S(=O)(NCCC[NH+]1CCOCC1)c1ccc(Cl)cc1F. The number of rotatable bonds is 6. The standard InChI is InChI=1S/C13H18ClFN2O3S/c14-11-2-3-13(12(15)10-11)21(18,19)16-4-1-5-17-6-8-20-9-7-17/h2-3,10,16H,1,4-9H2/p+1. The first-order valence-corrected chi connectivity index (χ1v) is 8.71. The molecule has 0 aliphatic carbocycles. The van der Waals surface area contributed by atoms with Crippen molar-refractivity contribution in [3.8, 4) is 0 Å². The lowest BCUT2D eigenvalue weighted by molar-refractivity contribution is -0.908. The van der Waals surface area contributed by atoms with Gasteiger partial charge in [-0.1, -0.05) is 11.6 Å². The molecule has 21 heavy (non-hydrogen) atoms. The van der Waals surface area contributed by atoms with Crippen molar-refractivity contribution in [3.63, 3.8) is 0 Å². The second-order valence-electron chi connectivity index (χ2n) is 4.94. The smallest absolute Gasteiger partial charge is 0.243 e. The summed E-state index contributed by atoms with van der Waals surface area (Å²) in [7, 11) is -3.83. The van der Waals surface area contributed by atoms with Crippen molar-refractivity contribution in [2.75, 3.05) is 39.4 Å². The summed E-state index contributed by atoms with van der Waals surface area (Å²) >= 11 is 5.61. The van der Waals surface area contributed by atoms with Crippen LogP contribution in [0.3, 0.4) is 0 Å². The molecule has 0 atom stereocenters. The highest BCUT2D eigenvalue weighted by atomic mass is 35.5. The lowest BCUT2D eigenvalue weighted by Gasteiger charge is -2.23. The van der Waals surface area contributed by atoms with Crippen molar-refractivity contribution in [1.29, 1.82) is 0 Å². The first-order chi connectivity index (χ1) is 9.99. The van der Waals surface area contributed by atoms with E-state index in [0.717, 1.165) is 38.9 Å². The highest BCUT2D eigenvalue weighted by Gasteiger charge is 2.19. The number of quaternary nitrogens is 1. The number of morpholine rings is 1. The average molecular weight is 338 g/mol. The van der Waals surface area contributed by atoms with Gasteiger partial charge in [0.2, 0.25) is 10.0 Å². The van der Waals surface area contributed by atoms with E-state index >= 15 is 0 Å². The highest BCUT2D eigenvalue weighted by Crippen LogP contribution is 2.18. The fourth-order valence-electron chi connectivity index (χ4n) is 2.23. The van der Waals surface area contributed by atoms with Crippen LogP contribution in [-0.2, 0) is 14.8 Å². The van der Waals surface area contributed by atoms with Crippen LogP contribution in [0.5, 0.6) is 0 Å². The van der Waals surface area contributed by atoms with Gasteiger partial charge in [-0.05, 0) is 18.2 Å². The topological polar surface area (TPSA) is 59.8 Å². The molecule has 118 valence electrons. The van der Waals surface area contributed by atoms with Gasteiger partial charge in [0.05, 0.1) is 19.8 Å². The summed E-state index contributed by atoms with van der Waals surface area (Å²) in [4.78, 5) is 1.03. The van der Waals surface area contributed by atoms with Gasteiger partial charge in [-0.3, -0.25) is 0 Å². The molecule has 0 aromatic heterocycles. The molecule has 0 amide bonds. The minimum Gasteiger partial charge on any atom is -0.370 e. The van der Waals surface area contributed by atoms with Crippen LogP contribution in [0.4, 0.5) is 4.39 Å². The zero-order chi connectivity index (χ0) is 15.3. The monoisotopic (exact) mass is 337 g/mol. The first-order valence-electron chi connectivity index (χ1n) is 6.85. The van der Waals surface area contributed by atoms with Crippen LogP contribution in [0.1, 0.15) is 6.42 Å². The predicted molar refractivity (Wildman–Crippen MR) is 77.6 cm³/mol. The van der Waals surface area contributed by atoms with Gasteiger partial charge >= 0.3 is 0 Å². The number of halogens is 2. The second kappa shape index (κ2) is 7.51. The van der Waals surface area contributed by atoms with Gasteiger partial charge < -0.3 is 9.64 Å². The van der Waals surface area contributed by atoms with Crippen LogP contribution in [0, 0.1) is 5.82 Å². The molecule has 1 aromatic carbocycles. The molecular weight excluding hydrogens is 319 g/mol. The molecule has 1 saturated heterocycles. The molecular formula is C13H19ClFN2O3S+. The Kier molecular flexibility index (Phi) is 5.95. The van der Waals surface area contributed by atoms with E-state index in [1.54, 1.807) is 0 Å². The Morgan fingerprint density at radius 3 is 2.71 bits per heavy atom. The Bertz CT molecular complexity index is 577. The summed E-state index contributed by atoms with van der Waals surface area (Å²) in [5.74, 6) is -0.839. The zero-order valence-corrected chi connectivity index (χ0v) is 13.1. The number of hydrogen-bond donors (Lipinski definition) is 2. The maximum absolute atomic E-state index is 13.6. The number of nitrogens with one attached hydrogen (secondary N) is 2. The Labute approximate surface area is 129 Å². The molecule has 2 rings (SSSR count). The molecule has 1 fully saturated rings. The van der Waals surface area contributed by atoms with Crippen LogP contribution >= 0.6 is 11.6 Å². The maximum Gasteiger partial charge on any atom is 0.243 e. The van der Waals surface area contributed by atoms with E-state index < -0.39 is 15.8 Å². The summed E-state index contributed by atoms with van der Waals surface area (Å²) < 4.78 is 45.3. The summed E-state index contributed by atoms with van der Waals surface area (Å²) in [6.45, 7) is 4.54. The zero-order valence-electron chi connectivity index (χ0n) is 11.6. The Balaban J connectivity index is 1.83. The Morgan fingerprint density at radius 2 is 2.05 bits per heavy atom. The molecule has 1 heterocycles. The number of benzene rings is 1. The van der Waals surface area contributed by atoms with E-state index in [1.165, 1.54) is 17.0 Å². The predicted octanol–water partition coefficient (Wildman–Crippen LogP) is 0.0626. The lowest BCUT2D eigenvalue weighted by atomic mass is 10.3. The second-order valence-corrected chi connectivity index (χ2v) is 7.11. The van der Waals surface area contributed by atoms with E-state index in [1.807, 2.05) is 0 Å². The molecule has 5 nitrogen and oxygen atoms in total. The average Bonchev–Trinajstić information content (AvgIpc) is 2.44. The number of ether oxygens (including phenoxy) is 1. The number of sulfonamides is 1. The first kappa shape index (κ1) is 16.6. The van der Waals surface area contributed by atoms with Gasteiger partial charge in [0, 0.05) is 18.0 Å². The van der Waals surface area contributed by atoms with Gasteiger partial charge in [-0.2, -0.15) is 0 Å². The Hall–Kier alpha value is -0.730. The van der Waals surface area contributed by atoms with Gasteiger partial charge in [-0.15, -0.1) is 0 Å². The summed E-state index contributed by atoms with van der Waals surface area (Å²) in [6, 6.07) is 3.53. The van der Waals surface area contributed by atoms with Crippen LogP contribution < -0.4 is 9.62 Å². The lowest BCUT2D eigenvalue weighted by Crippen LogP contribution is -3.14. The quantitative estimate of drug-likeness (QED) is 0.722. The summed E-state index contributed by atoms with van der Waals surface area (Å²) in [5.41, 5.74) is 0. The van der Waals surface area contributed by atoms with E-state index in [4.69, 9.17) is 16.3 Å². The molecule has 8 heteroatoms. The number of hydrogen-bond acceptors (Lipinski definition) is 3. The molecule has 1 aromatic rings. The maximum atomic E-state index is 13.6. The van der Waals surface area contributed by atoms with Crippen molar-refractivity contribution < 1.29 is 22.4 Å². The van der Waals surface area contributed by atoms with E-state index in [9.17, 15) is 12.8 Å². The molecule has 1 aliphatic rings. The van der Waals surface area contributed by atoms with Crippen molar-refractivity contribution in [2.24, 2.45) is 0 Å².